The van der Waals surface area contributed by atoms with E-state index >= 15 is 0 Å². The van der Waals surface area contributed by atoms with Gasteiger partial charge in [0.1, 0.15) is 0 Å². The molecule has 1 rings (SSSR count). The van der Waals surface area contributed by atoms with Crippen molar-refractivity contribution in [1.29, 1.82) is 0 Å². The van der Waals surface area contributed by atoms with Gasteiger partial charge in [0.25, 0.3) is 5.56 Å². The molecule has 0 saturated heterocycles. The first-order valence-electron chi connectivity index (χ1n) is 4.70. The second-order valence-corrected chi connectivity index (χ2v) is 4.09. The molecule has 15 heavy (non-hydrogen) atoms. The molecule has 0 aromatic carbocycles. The number of aliphatic hydroxyl groups excluding tert-OH is 1. The van der Waals surface area contributed by atoms with E-state index in [9.17, 15) is 4.79 Å². The summed E-state index contributed by atoms with van der Waals surface area (Å²) in [4.78, 5) is 11.6. The molecule has 0 aliphatic carbocycles. The third-order valence-electron chi connectivity index (χ3n) is 1.94. The van der Waals surface area contributed by atoms with E-state index in [0.717, 1.165) is 4.47 Å². The van der Waals surface area contributed by atoms with Crippen LogP contribution in [0.4, 0.5) is 0 Å². The van der Waals surface area contributed by atoms with Gasteiger partial charge in [0, 0.05) is 22.8 Å². The number of nitrogens with zero attached hydrogens (tertiary/aromatic N) is 1. The van der Waals surface area contributed by atoms with Crippen molar-refractivity contribution >= 4 is 15.9 Å². The Hall–Kier alpha value is -0.650. The fourth-order valence-electron chi connectivity index (χ4n) is 1.24. The Kier molecular flexibility index (Phi) is 5.01. The van der Waals surface area contributed by atoms with Gasteiger partial charge in [-0.25, -0.2) is 0 Å². The highest BCUT2D eigenvalue weighted by Gasteiger charge is 2.01. The van der Waals surface area contributed by atoms with Gasteiger partial charge in [-0.15, -0.1) is 0 Å². The van der Waals surface area contributed by atoms with Gasteiger partial charge in [0.15, 0.2) is 0 Å². The number of ether oxygens (including phenoxy) is 1. The molecule has 4 nitrogen and oxygen atoms in total. The van der Waals surface area contributed by atoms with Gasteiger partial charge in [-0.05, 0) is 28.9 Å². The molecule has 0 fully saturated rings. The summed E-state index contributed by atoms with van der Waals surface area (Å²) in [6, 6.07) is 1.79. The zero-order valence-electron chi connectivity index (χ0n) is 8.57. The van der Waals surface area contributed by atoms with E-state index < -0.39 is 0 Å². The summed E-state index contributed by atoms with van der Waals surface area (Å²) < 4.78 is 7.57. The normalized spacial score (nSPS) is 10.6. The highest BCUT2D eigenvalue weighted by Crippen LogP contribution is 2.07. The van der Waals surface area contributed by atoms with E-state index in [1.54, 1.807) is 23.8 Å². The lowest BCUT2D eigenvalue weighted by atomic mass is 10.3. The Bertz CT molecular complexity index is 375. The summed E-state index contributed by atoms with van der Waals surface area (Å²) in [5.74, 6) is 0. The average molecular weight is 276 g/mol. The Balaban J connectivity index is 2.64. The smallest absolute Gasteiger partial charge is 0.253 e. The van der Waals surface area contributed by atoms with Crippen LogP contribution in [-0.4, -0.2) is 29.5 Å². The van der Waals surface area contributed by atoms with Crippen LogP contribution in [0.2, 0.25) is 0 Å². The molecule has 0 atom stereocenters. The molecule has 0 unspecified atom stereocenters. The quantitative estimate of drug-likeness (QED) is 0.814. The van der Waals surface area contributed by atoms with Crippen LogP contribution in [0.25, 0.3) is 0 Å². The summed E-state index contributed by atoms with van der Waals surface area (Å²) in [5, 5.41) is 8.51. The second-order valence-electron chi connectivity index (χ2n) is 3.18. The molecular formula is C10H14BrNO3. The minimum absolute atomic E-state index is 0.00636. The zero-order chi connectivity index (χ0) is 11.3. The maximum atomic E-state index is 11.6. The molecule has 0 aliphatic rings. The van der Waals surface area contributed by atoms with Crippen LogP contribution in [-0.2, 0) is 11.3 Å². The van der Waals surface area contributed by atoms with Gasteiger partial charge in [0.2, 0.25) is 0 Å². The molecule has 1 aromatic heterocycles. The van der Waals surface area contributed by atoms with E-state index in [1.807, 2.05) is 0 Å². The van der Waals surface area contributed by atoms with Crippen molar-refractivity contribution in [2.75, 3.05) is 19.8 Å². The van der Waals surface area contributed by atoms with E-state index in [-0.39, 0.29) is 12.2 Å². The third kappa shape index (κ3) is 3.77. The third-order valence-corrected chi connectivity index (χ3v) is 2.38. The number of rotatable bonds is 5. The first-order valence-corrected chi connectivity index (χ1v) is 5.49. The van der Waals surface area contributed by atoms with Crippen LogP contribution < -0.4 is 5.56 Å². The largest absolute Gasteiger partial charge is 0.394 e. The Morgan fingerprint density at radius 1 is 1.53 bits per heavy atom. The predicted octanol–water partition coefficient (Wildman–Crippen LogP) is 0.928. The Morgan fingerprint density at radius 2 is 2.27 bits per heavy atom. The van der Waals surface area contributed by atoms with E-state index in [4.69, 9.17) is 9.84 Å². The molecule has 0 bridgehead atoms. The lowest BCUT2D eigenvalue weighted by Gasteiger charge is -2.07. The molecule has 84 valence electrons. The van der Waals surface area contributed by atoms with Gasteiger partial charge in [0.05, 0.1) is 19.8 Å². The molecule has 1 N–H and O–H groups in total. The van der Waals surface area contributed by atoms with Crippen LogP contribution in [0.1, 0.15) is 5.56 Å². The van der Waals surface area contributed by atoms with Crippen molar-refractivity contribution in [1.82, 2.24) is 4.57 Å². The Labute approximate surface area is 96.6 Å². The number of aryl methyl sites for hydroxylation is 1. The molecule has 0 radical (unpaired) electrons. The zero-order valence-corrected chi connectivity index (χ0v) is 10.2. The number of halogens is 1. The second kappa shape index (κ2) is 6.05. The van der Waals surface area contributed by atoms with Gasteiger partial charge in [-0.3, -0.25) is 4.79 Å². The van der Waals surface area contributed by atoms with Crippen molar-refractivity contribution in [3.05, 3.63) is 32.7 Å². The molecule has 1 heterocycles. The van der Waals surface area contributed by atoms with Crippen molar-refractivity contribution < 1.29 is 9.84 Å². The van der Waals surface area contributed by atoms with E-state index in [1.165, 1.54) is 0 Å². The first kappa shape index (κ1) is 12.4. The monoisotopic (exact) mass is 275 g/mol. The molecule has 0 aliphatic heterocycles. The Morgan fingerprint density at radius 3 is 2.93 bits per heavy atom. The summed E-state index contributed by atoms with van der Waals surface area (Å²) in [6.07, 6.45) is 1.73. The van der Waals surface area contributed by atoms with Gasteiger partial charge < -0.3 is 14.4 Å². The van der Waals surface area contributed by atoms with Crippen LogP contribution in [0.5, 0.6) is 0 Å². The molecule has 1 aromatic rings. The average Bonchev–Trinajstić information content (AvgIpc) is 2.19. The summed E-state index contributed by atoms with van der Waals surface area (Å²) >= 11 is 3.33. The lowest BCUT2D eigenvalue weighted by molar-refractivity contribution is 0.0865. The first-order chi connectivity index (χ1) is 7.15. The molecule has 0 amide bonds. The number of pyridine rings is 1. The highest BCUT2D eigenvalue weighted by molar-refractivity contribution is 9.10. The minimum atomic E-state index is -0.00852. The fraction of sp³-hybridized carbons (Fsp3) is 0.500. The number of aliphatic hydroxyl groups is 1. The van der Waals surface area contributed by atoms with Crippen LogP contribution >= 0.6 is 15.9 Å². The standard InChI is InChI=1S/C10H14BrNO3/c1-8-6-9(11)7-12(10(8)14)2-4-15-5-3-13/h6-7,13H,2-5H2,1H3. The topological polar surface area (TPSA) is 51.5 Å². The minimum Gasteiger partial charge on any atom is -0.394 e. The van der Waals surface area contributed by atoms with E-state index in [0.29, 0.717) is 25.3 Å². The molecule has 5 heteroatoms. The maximum Gasteiger partial charge on any atom is 0.253 e. The maximum absolute atomic E-state index is 11.6. The molecule has 0 saturated carbocycles. The highest BCUT2D eigenvalue weighted by atomic mass is 79.9. The van der Waals surface area contributed by atoms with Crippen molar-refractivity contribution in [2.24, 2.45) is 0 Å². The molecule has 0 spiro atoms. The molecular weight excluding hydrogens is 262 g/mol. The summed E-state index contributed by atoms with van der Waals surface area (Å²) in [7, 11) is 0. The number of hydrogen-bond donors (Lipinski definition) is 1. The van der Waals surface area contributed by atoms with Crippen molar-refractivity contribution in [3.63, 3.8) is 0 Å². The van der Waals surface area contributed by atoms with Gasteiger partial charge in [-0.2, -0.15) is 0 Å². The summed E-state index contributed by atoms with van der Waals surface area (Å²) in [5.41, 5.74) is 0.692. The number of hydrogen-bond acceptors (Lipinski definition) is 3. The van der Waals surface area contributed by atoms with E-state index in [2.05, 4.69) is 15.9 Å². The van der Waals surface area contributed by atoms with Crippen LogP contribution in [0.3, 0.4) is 0 Å². The summed E-state index contributed by atoms with van der Waals surface area (Å²) in [6.45, 7) is 3.02. The van der Waals surface area contributed by atoms with Crippen molar-refractivity contribution in [3.8, 4) is 0 Å². The predicted molar refractivity (Wildman–Crippen MR) is 61.0 cm³/mol. The van der Waals surface area contributed by atoms with Gasteiger partial charge in [-0.1, -0.05) is 0 Å². The van der Waals surface area contributed by atoms with Gasteiger partial charge >= 0.3 is 0 Å². The van der Waals surface area contributed by atoms with Crippen molar-refractivity contribution in [2.45, 2.75) is 13.5 Å². The van der Waals surface area contributed by atoms with Crippen LogP contribution in [0, 0.1) is 6.92 Å². The van der Waals surface area contributed by atoms with Crippen LogP contribution in [0.15, 0.2) is 21.5 Å². The number of aromatic nitrogens is 1. The fourth-order valence-corrected chi connectivity index (χ4v) is 1.83. The SMILES string of the molecule is Cc1cc(Br)cn(CCOCCO)c1=O. The lowest BCUT2D eigenvalue weighted by Crippen LogP contribution is -2.24.